The first-order chi connectivity index (χ1) is 10.2. The predicted molar refractivity (Wildman–Crippen MR) is 81.0 cm³/mol. The molecule has 1 aromatic rings. The van der Waals surface area contributed by atoms with Crippen molar-refractivity contribution in [3.8, 4) is 0 Å². The van der Waals surface area contributed by atoms with Gasteiger partial charge in [-0.15, -0.1) is 11.3 Å². The molecule has 5 nitrogen and oxygen atoms in total. The molecule has 2 aliphatic rings. The van der Waals surface area contributed by atoms with Crippen molar-refractivity contribution in [2.24, 2.45) is 0 Å². The fraction of sp³-hybridized carbons (Fsp3) is 0.733. The van der Waals surface area contributed by atoms with Gasteiger partial charge in [0.2, 0.25) is 0 Å². The van der Waals surface area contributed by atoms with Crippen LogP contribution in [0.25, 0.3) is 0 Å². The van der Waals surface area contributed by atoms with Crippen LogP contribution in [0.1, 0.15) is 58.4 Å². The Labute approximate surface area is 128 Å². The number of thiazole rings is 1. The van der Waals surface area contributed by atoms with Crippen LogP contribution in [0, 0.1) is 0 Å². The maximum atomic E-state index is 11.5. The number of hydrogen-bond acceptors (Lipinski definition) is 5. The lowest BCUT2D eigenvalue weighted by atomic mass is 9.86. The molecule has 1 aliphatic heterocycles. The summed E-state index contributed by atoms with van der Waals surface area (Å²) in [5.74, 6) is -0.471. The molecule has 0 aromatic carbocycles. The second-order valence-electron chi connectivity index (χ2n) is 5.85. The van der Waals surface area contributed by atoms with Crippen LogP contribution in [0.4, 0.5) is 0 Å². The average molecular weight is 310 g/mol. The van der Waals surface area contributed by atoms with E-state index in [9.17, 15) is 9.90 Å². The number of carbonyl (C=O) groups is 1. The molecule has 0 bridgehead atoms. The second-order valence-corrected chi connectivity index (χ2v) is 6.93. The third-order valence-electron chi connectivity index (χ3n) is 4.35. The summed E-state index contributed by atoms with van der Waals surface area (Å²) >= 11 is 1.36. The van der Waals surface area contributed by atoms with Crippen LogP contribution in [-0.2, 0) is 11.3 Å². The van der Waals surface area contributed by atoms with Gasteiger partial charge in [0, 0.05) is 19.0 Å². The quantitative estimate of drug-likeness (QED) is 0.926. The van der Waals surface area contributed by atoms with E-state index < -0.39 is 5.97 Å². The fourth-order valence-corrected chi connectivity index (χ4v) is 4.23. The summed E-state index contributed by atoms with van der Waals surface area (Å²) in [5, 5.41) is 10.4. The zero-order chi connectivity index (χ0) is 14.7. The minimum atomic E-state index is -0.818. The maximum Gasteiger partial charge on any atom is 0.347 e. The molecule has 0 radical (unpaired) electrons. The second kappa shape index (κ2) is 6.85. The van der Waals surface area contributed by atoms with Crippen molar-refractivity contribution >= 4 is 17.3 Å². The Hall–Kier alpha value is -0.980. The highest BCUT2D eigenvalue weighted by Crippen LogP contribution is 2.36. The van der Waals surface area contributed by atoms with E-state index in [2.05, 4.69) is 4.90 Å². The van der Waals surface area contributed by atoms with Crippen molar-refractivity contribution in [1.82, 2.24) is 9.88 Å². The molecule has 2 heterocycles. The summed E-state index contributed by atoms with van der Waals surface area (Å²) < 4.78 is 5.35. The van der Waals surface area contributed by atoms with Crippen molar-refractivity contribution in [3.05, 3.63) is 15.6 Å². The lowest BCUT2D eigenvalue weighted by Crippen LogP contribution is -2.35. The Morgan fingerprint density at radius 1 is 1.29 bits per heavy atom. The first-order valence-electron chi connectivity index (χ1n) is 7.77. The highest BCUT2D eigenvalue weighted by Gasteiger charge is 2.26. The van der Waals surface area contributed by atoms with Gasteiger partial charge in [0.15, 0.2) is 0 Å². The molecule has 0 spiro atoms. The number of aromatic carboxylic acids is 1. The highest BCUT2D eigenvalue weighted by molar-refractivity contribution is 7.13. The maximum absolute atomic E-state index is 11.5. The summed E-state index contributed by atoms with van der Waals surface area (Å²) in [6, 6.07) is 0. The van der Waals surface area contributed by atoms with Crippen molar-refractivity contribution in [3.63, 3.8) is 0 Å². The van der Waals surface area contributed by atoms with Crippen LogP contribution in [0.5, 0.6) is 0 Å². The molecule has 0 amide bonds. The van der Waals surface area contributed by atoms with Gasteiger partial charge in [-0.25, -0.2) is 9.78 Å². The standard InChI is InChI=1S/C15H22N2O3S/c18-15(19)14-13(11-4-2-1-3-5-11)16-12(21-14)10-17-6-8-20-9-7-17/h11H,1-10H2,(H,18,19). The van der Waals surface area contributed by atoms with Crippen molar-refractivity contribution < 1.29 is 14.6 Å². The number of rotatable bonds is 4. The van der Waals surface area contributed by atoms with Crippen LogP contribution in [0.2, 0.25) is 0 Å². The first-order valence-corrected chi connectivity index (χ1v) is 8.58. The number of morpholine rings is 1. The SMILES string of the molecule is O=C(O)c1sc(CN2CCOCC2)nc1C1CCCCC1. The van der Waals surface area contributed by atoms with Gasteiger partial charge in [0.1, 0.15) is 9.88 Å². The normalized spacial score (nSPS) is 21.5. The average Bonchev–Trinajstić information content (AvgIpc) is 2.93. The van der Waals surface area contributed by atoms with Gasteiger partial charge in [0.25, 0.3) is 0 Å². The van der Waals surface area contributed by atoms with Crippen molar-refractivity contribution in [1.29, 1.82) is 0 Å². The molecular weight excluding hydrogens is 288 g/mol. The van der Waals surface area contributed by atoms with E-state index in [0.717, 1.165) is 56.4 Å². The number of hydrogen-bond donors (Lipinski definition) is 1. The molecular formula is C15H22N2O3S. The molecule has 21 heavy (non-hydrogen) atoms. The molecule has 3 rings (SSSR count). The summed E-state index contributed by atoms with van der Waals surface area (Å²) in [4.78, 5) is 19.0. The highest BCUT2D eigenvalue weighted by atomic mass is 32.1. The summed E-state index contributed by atoms with van der Waals surface area (Å²) in [6.07, 6.45) is 5.83. The van der Waals surface area contributed by atoms with E-state index in [0.29, 0.717) is 10.8 Å². The van der Waals surface area contributed by atoms with Gasteiger partial charge < -0.3 is 9.84 Å². The molecule has 116 valence electrons. The van der Waals surface area contributed by atoms with E-state index in [1.54, 1.807) is 0 Å². The topological polar surface area (TPSA) is 62.7 Å². The Balaban J connectivity index is 1.76. The smallest absolute Gasteiger partial charge is 0.347 e. The zero-order valence-electron chi connectivity index (χ0n) is 12.2. The monoisotopic (exact) mass is 310 g/mol. The molecule has 1 saturated carbocycles. The Morgan fingerprint density at radius 3 is 2.67 bits per heavy atom. The molecule has 0 unspecified atom stereocenters. The zero-order valence-corrected chi connectivity index (χ0v) is 13.0. The van der Waals surface area contributed by atoms with Crippen LogP contribution < -0.4 is 0 Å². The summed E-state index contributed by atoms with van der Waals surface area (Å²) in [7, 11) is 0. The first kappa shape index (κ1) is 14.9. The molecule has 1 aliphatic carbocycles. The molecule has 0 atom stereocenters. The molecule has 1 N–H and O–H groups in total. The lowest BCUT2D eigenvalue weighted by molar-refractivity contribution is 0.0341. The van der Waals surface area contributed by atoms with Gasteiger partial charge in [-0.1, -0.05) is 19.3 Å². The van der Waals surface area contributed by atoms with E-state index in [1.807, 2.05) is 0 Å². The number of nitrogens with zero attached hydrogens (tertiary/aromatic N) is 2. The van der Waals surface area contributed by atoms with Crippen LogP contribution in [0.3, 0.4) is 0 Å². The molecule has 6 heteroatoms. The third kappa shape index (κ3) is 3.62. The number of carboxylic acid groups (broad SMARTS) is 1. The fourth-order valence-electron chi connectivity index (χ4n) is 3.20. The minimum Gasteiger partial charge on any atom is -0.477 e. The molecule has 1 aromatic heterocycles. The molecule has 1 saturated heterocycles. The van der Waals surface area contributed by atoms with Gasteiger partial charge in [0.05, 0.1) is 25.5 Å². The number of ether oxygens (including phenoxy) is 1. The van der Waals surface area contributed by atoms with Crippen LogP contribution >= 0.6 is 11.3 Å². The lowest BCUT2D eigenvalue weighted by Gasteiger charge is -2.25. The largest absolute Gasteiger partial charge is 0.477 e. The Kier molecular flexibility index (Phi) is 4.87. The van der Waals surface area contributed by atoms with Gasteiger partial charge in [-0.05, 0) is 12.8 Å². The summed E-state index contributed by atoms with van der Waals surface area (Å²) in [5.41, 5.74) is 0.843. The number of aromatic nitrogens is 1. The molecule has 2 fully saturated rings. The van der Waals surface area contributed by atoms with E-state index in [4.69, 9.17) is 9.72 Å². The van der Waals surface area contributed by atoms with E-state index in [1.165, 1.54) is 30.6 Å². The van der Waals surface area contributed by atoms with Gasteiger partial charge in [-0.3, -0.25) is 4.90 Å². The van der Waals surface area contributed by atoms with Crippen LogP contribution in [-0.4, -0.2) is 47.3 Å². The van der Waals surface area contributed by atoms with E-state index in [-0.39, 0.29) is 0 Å². The van der Waals surface area contributed by atoms with Crippen LogP contribution in [0.15, 0.2) is 0 Å². The van der Waals surface area contributed by atoms with Crippen molar-refractivity contribution in [2.45, 2.75) is 44.6 Å². The van der Waals surface area contributed by atoms with E-state index >= 15 is 0 Å². The van der Waals surface area contributed by atoms with Gasteiger partial charge in [-0.2, -0.15) is 0 Å². The minimum absolute atomic E-state index is 0.347. The Bertz CT molecular complexity index is 491. The Morgan fingerprint density at radius 2 is 2.00 bits per heavy atom. The third-order valence-corrected chi connectivity index (χ3v) is 5.39. The summed E-state index contributed by atoms with van der Waals surface area (Å²) in [6.45, 7) is 4.07. The van der Waals surface area contributed by atoms with Crippen molar-refractivity contribution in [2.75, 3.05) is 26.3 Å². The number of carboxylic acids is 1. The van der Waals surface area contributed by atoms with Gasteiger partial charge >= 0.3 is 5.97 Å². The predicted octanol–water partition coefficient (Wildman–Crippen LogP) is 2.72.